The summed E-state index contributed by atoms with van der Waals surface area (Å²) in [5.41, 5.74) is 1.33. The van der Waals surface area contributed by atoms with Crippen LogP contribution in [0, 0.1) is 0 Å². The molecule has 2 N–H and O–H groups in total. The van der Waals surface area contributed by atoms with E-state index in [1.165, 1.54) is 18.2 Å². The van der Waals surface area contributed by atoms with E-state index in [4.69, 9.17) is 0 Å². The van der Waals surface area contributed by atoms with Gasteiger partial charge in [-0.1, -0.05) is 30.3 Å². The zero-order valence-electron chi connectivity index (χ0n) is 15.2. The van der Waals surface area contributed by atoms with Crippen LogP contribution in [0.2, 0.25) is 0 Å². The van der Waals surface area contributed by atoms with Crippen molar-refractivity contribution < 1.29 is 8.42 Å². The van der Waals surface area contributed by atoms with E-state index >= 15 is 0 Å². The van der Waals surface area contributed by atoms with Gasteiger partial charge in [-0.25, -0.2) is 8.42 Å². The number of nitrogens with one attached hydrogen (secondary N) is 2. The standard InChI is InChI=1S/C18H30N4O2S/c1-3-19-18(20-11-13-25(2,23)24)21-14-17-10-7-12-22(17)15-16-8-5-4-6-9-16/h4-6,8-9,17H,3,7,10-15H2,1-2H3,(H2,19,20,21). The lowest BCUT2D eigenvalue weighted by atomic mass is 10.2. The molecule has 0 radical (unpaired) electrons. The molecule has 1 fully saturated rings. The Morgan fingerprint density at radius 2 is 2.04 bits per heavy atom. The van der Waals surface area contributed by atoms with Crippen LogP contribution in [-0.2, 0) is 16.4 Å². The van der Waals surface area contributed by atoms with E-state index in [2.05, 4.69) is 44.8 Å². The first kappa shape index (κ1) is 19.7. The molecule has 6 nitrogen and oxygen atoms in total. The van der Waals surface area contributed by atoms with Crippen LogP contribution in [0.15, 0.2) is 35.3 Å². The van der Waals surface area contributed by atoms with Crippen LogP contribution in [0.4, 0.5) is 0 Å². The summed E-state index contributed by atoms with van der Waals surface area (Å²) in [5, 5.41) is 6.29. The summed E-state index contributed by atoms with van der Waals surface area (Å²) in [6.07, 6.45) is 3.60. The van der Waals surface area contributed by atoms with Crippen molar-refractivity contribution in [3.05, 3.63) is 35.9 Å². The number of aliphatic imine (C=N–C) groups is 1. The second kappa shape index (κ2) is 9.77. The molecule has 2 rings (SSSR count). The maximum Gasteiger partial charge on any atom is 0.191 e. The third-order valence-corrected chi connectivity index (χ3v) is 5.24. The molecule has 1 aromatic rings. The molecule has 0 saturated carbocycles. The molecule has 7 heteroatoms. The average Bonchev–Trinajstić information content (AvgIpc) is 2.99. The van der Waals surface area contributed by atoms with E-state index in [0.717, 1.165) is 32.6 Å². The number of nitrogens with zero attached hydrogens (tertiary/aromatic N) is 2. The van der Waals surface area contributed by atoms with Crippen molar-refractivity contribution in [2.24, 2.45) is 4.99 Å². The lowest BCUT2D eigenvalue weighted by Crippen LogP contribution is -2.40. The fourth-order valence-corrected chi connectivity index (χ4v) is 3.49. The van der Waals surface area contributed by atoms with Crippen LogP contribution >= 0.6 is 0 Å². The highest BCUT2D eigenvalue weighted by molar-refractivity contribution is 7.90. The van der Waals surface area contributed by atoms with Gasteiger partial charge in [0.05, 0.1) is 12.3 Å². The zero-order chi connectivity index (χ0) is 18.1. The van der Waals surface area contributed by atoms with Crippen molar-refractivity contribution in [1.29, 1.82) is 0 Å². The Bertz CT molecular complexity index is 646. The first-order chi connectivity index (χ1) is 12.0. The highest BCUT2D eigenvalue weighted by Crippen LogP contribution is 2.20. The highest BCUT2D eigenvalue weighted by atomic mass is 32.2. The molecule has 0 aliphatic carbocycles. The van der Waals surface area contributed by atoms with E-state index < -0.39 is 9.84 Å². The second-order valence-electron chi connectivity index (χ2n) is 6.53. The fourth-order valence-electron chi connectivity index (χ4n) is 3.02. The number of benzene rings is 1. The zero-order valence-corrected chi connectivity index (χ0v) is 16.1. The monoisotopic (exact) mass is 366 g/mol. The third-order valence-electron chi connectivity index (χ3n) is 4.30. The van der Waals surface area contributed by atoms with Crippen molar-refractivity contribution in [1.82, 2.24) is 15.5 Å². The summed E-state index contributed by atoms with van der Waals surface area (Å²) in [7, 11) is -2.96. The summed E-state index contributed by atoms with van der Waals surface area (Å²) in [6, 6.07) is 11.0. The number of guanidine groups is 1. The minimum Gasteiger partial charge on any atom is -0.357 e. The Labute approximate surface area is 151 Å². The van der Waals surface area contributed by atoms with E-state index in [0.29, 0.717) is 18.5 Å². The predicted octanol–water partition coefficient (Wildman–Crippen LogP) is 1.25. The van der Waals surface area contributed by atoms with Crippen molar-refractivity contribution in [3.8, 4) is 0 Å². The molecule has 0 spiro atoms. The van der Waals surface area contributed by atoms with Crippen LogP contribution in [-0.4, -0.2) is 63.5 Å². The first-order valence-corrected chi connectivity index (χ1v) is 11.0. The minimum absolute atomic E-state index is 0.112. The molecule has 1 aliphatic rings. The molecule has 25 heavy (non-hydrogen) atoms. The molecule has 0 amide bonds. The normalized spacial score (nSPS) is 19.1. The van der Waals surface area contributed by atoms with Crippen LogP contribution in [0.25, 0.3) is 0 Å². The highest BCUT2D eigenvalue weighted by Gasteiger charge is 2.24. The molecular weight excluding hydrogens is 336 g/mol. The van der Waals surface area contributed by atoms with Gasteiger partial charge in [0, 0.05) is 31.9 Å². The van der Waals surface area contributed by atoms with Gasteiger partial charge in [-0.3, -0.25) is 9.89 Å². The number of likely N-dealkylation sites (tertiary alicyclic amines) is 1. The number of hydrogen-bond acceptors (Lipinski definition) is 4. The Kier molecular flexibility index (Phi) is 7.71. The number of hydrogen-bond donors (Lipinski definition) is 2. The number of sulfone groups is 1. The molecule has 1 aromatic carbocycles. The van der Waals surface area contributed by atoms with Gasteiger partial charge in [-0.15, -0.1) is 0 Å². The summed E-state index contributed by atoms with van der Waals surface area (Å²) in [4.78, 5) is 7.15. The van der Waals surface area contributed by atoms with Gasteiger partial charge in [-0.2, -0.15) is 0 Å². The summed E-state index contributed by atoms with van der Waals surface area (Å²) in [6.45, 7) is 5.92. The van der Waals surface area contributed by atoms with Crippen LogP contribution < -0.4 is 10.6 Å². The molecule has 140 valence electrons. The molecule has 0 bridgehead atoms. The Morgan fingerprint density at radius 3 is 2.72 bits per heavy atom. The Hall–Kier alpha value is -1.60. The summed E-state index contributed by atoms with van der Waals surface area (Å²) in [5.74, 6) is 0.804. The van der Waals surface area contributed by atoms with Crippen molar-refractivity contribution in [3.63, 3.8) is 0 Å². The molecule has 1 saturated heterocycles. The second-order valence-corrected chi connectivity index (χ2v) is 8.79. The third kappa shape index (κ3) is 7.44. The maximum atomic E-state index is 11.2. The summed E-state index contributed by atoms with van der Waals surface area (Å²) >= 11 is 0. The van der Waals surface area contributed by atoms with Gasteiger partial charge in [0.1, 0.15) is 9.84 Å². The molecule has 1 unspecified atom stereocenters. The van der Waals surface area contributed by atoms with E-state index in [1.807, 2.05) is 13.0 Å². The maximum absolute atomic E-state index is 11.2. The SMILES string of the molecule is CCNC(=NCC1CCCN1Cc1ccccc1)NCCS(C)(=O)=O. The largest absolute Gasteiger partial charge is 0.357 e. The minimum atomic E-state index is -2.96. The Balaban J connectivity index is 1.88. The van der Waals surface area contributed by atoms with Gasteiger partial charge in [0.25, 0.3) is 0 Å². The topological polar surface area (TPSA) is 73.8 Å². The van der Waals surface area contributed by atoms with Gasteiger partial charge >= 0.3 is 0 Å². The van der Waals surface area contributed by atoms with E-state index in [1.54, 1.807) is 0 Å². The van der Waals surface area contributed by atoms with Crippen LogP contribution in [0.3, 0.4) is 0 Å². The van der Waals surface area contributed by atoms with E-state index in [9.17, 15) is 8.42 Å². The first-order valence-electron chi connectivity index (χ1n) is 8.96. The van der Waals surface area contributed by atoms with Crippen LogP contribution in [0.5, 0.6) is 0 Å². The average molecular weight is 367 g/mol. The van der Waals surface area contributed by atoms with Crippen LogP contribution in [0.1, 0.15) is 25.3 Å². The van der Waals surface area contributed by atoms with Gasteiger partial charge in [0.15, 0.2) is 5.96 Å². The Morgan fingerprint density at radius 1 is 1.28 bits per heavy atom. The smallest absolute Gasteiger partial charge is 0.191 e. The van der Waals surface area contributed by atoms with Crippen molar-refractivity contribution in [2.75, 3.05) is 38.2 Å². The van der Waals surface area contributed by atoms with Gasteiger partial charge < -0.3 is 10.6 Å². The lowest BCUT2D eigenvalue weighted by molar-refractivity contribution is 0.250. The number of rotatable bonds is 8. The summed E-state index contributed by atoms with van der Waals surface area (Å²) < 4.78 is 22.5. The van der Waals surface area contributed by atoms with Gasteiger partial charge in [-0.05, 0) is 31.9 Å². The fraction of sp³-hybridized carbons (Fsp3) is 0.611. The molecule has 1 atom stereocenters. The predicted molar refractivity (Wildman–Crippen MR) is 104 cm³/mol. The van der Waals surface area contributed by atoms with E-state index in [-0.39, 0.29) is 5.75 Å². The molecule has 1 heterocycles. The quantitative estimate of drug-likeness (QED) is 0.535. The lowest BCUT2D eigenvalue weighted by Gasteiger charge is -2.23. The van der Waals surface area contributed by atoms with Gasteiger partial charge in [0.2, 0.25) is 0 Å². The molecule has 0 aromatic heterocycles. The van der Waals surface area contributed by atoms with Crippen molar-refractivity contribution >= 4 is 15.8 Å². The molecular formula is C18H30N4O2S. The van der Waals surface area contributed by atoms with Crippen molar-refractivity contribution in [2.45, 2.75) is 32.4 Å². The molecule has 1 aliphatic heterocycles.